The lowest BCUT2D eigenvalue weighted by Gasteiger charge is -2.37. The third-order valence-corrected chi connectivity index (χ3v) is 5.24. The highest BCUT2D eigenvalue weighted by molar-refractivity contribution is 7.10. The summed E-state index contributed by atoms with van der Waals surface area (Å²) in [6, 6.07) is 2.32. The Hall–Kier alpha value is -1.31. The minimum atomic E-state index is -0.142. The summed E-state index contributed by atoms with van der Waals surface area (Å²) in [6.07, 6.45) is 6.12. The zero-order valence-corrected chi connectivity index (χ0v) is 12.3. The lowest BCUT2D eigenvalue weighted by molar-refractivity contribution is 0.0549. The Balaban J connectivity index is 1.76. The molecule has 20 heavy (non-hydrogen) atoms. The minimum Gasteiger partial charge on any atom is -0.384 e. The van der Waals surface area contributed by atoms with E-state index in [1.54, 1.807) is 0 Å². The number of rotatable bonds is 1. The van der Waals surface area contributed by atoms with Crippen LogP contribution in [0.25, 0.3) is 0 Å². The molecule has 3 rings (SSSR count). The van der Waals surface area contributed by atoms with E-state index in [2.05, 4.69) is 16.7 Å². The van der Waals surface area contributed by atoms with Gasteiger partial charge in [0.1, 0.15) is 6.61 Å². The molecule has 4 heteroatoms. The van der Waals surface area contributed by atoms with Gasteiger partial charge >= 0.3 is 0 Å². The van der Waals surface area contributed by atoms with Crippen LogP contribution in [0.1, 0.15) is 47.3 Å². The van der Waals surface area contributed by atoms with Gasteiger partial charge in [0.15, 0.2) is 0 Å². The number of carbonyl (C=O) groups is 1. The molecule has 2 heterocycles. The fourth-order valence-electron chi connectivity index (χ4n) is 3.51. The van der Waals surface area contributed by atoms with Crippen LogP contribution in [0.15, 0.2) is 11.4 Å². The molecule has 0 bridgehead atoms. The van der Waals surface area contributed by atoms with Crippen LogP contribution in [-0.2, 0) is 0 Å². The van der Waals surface area contributed by atoms with Crippen molar-refractivity contribution in [2.75, 3.05) is 13.2 Å². The quantitative estimate of drug-likeness (QED) is 0.807. The molecule has 1 aromatic rings. The van der Waals surface area contributed by atoms with Crippen LogP contribution in [0, 0.1) is 17.8 Å². The van der Waals surface area contributed by atoms with E-state index in [0.29, 0.717) is 6.04 Å². The predicted octanol–water partition coefficient (Wildman–Crippen LogP) is 2.50. The standard InChI is InChI=1S/C16H19NO2S/c18-9-3-6-14-10-13(11-20-14)16(19)17-8-2-5-12-4-1-7-15(12)17/h10-12,15,18H,1-2,4-5,7-9H2. The summed E-state index contributed by atoms with van der Waals surface area (Å²) in [4.78, 5) is 15.6. The Kier molecular flexibility index (Phi) is 4.09. The highest BCUT2D eigenvalue weighted by atomic mass is 32.1. The first-order valence-corrected chi connectivity index (χ1v) is 8.17. The number of thiophene rings is 1. The average molecular weight is 289 g/mol. The van der Waals surface area contributed by atoms with Crippen LogP contribution >= 0.6 is 11.3 Å². The monoisotopic (exact) mass is 289 g/mol. The number of aliphatic hydroxyl groups is 1. The molecule has 2 fully saturated rings. The number of amides is 1. The van der Waals surface area contributed by atoms with Gasteiger partial charge in [0.25, 0.3) is 5.91 Å². The summed E-state index contributed by atoms with van der Waals surface area (Å²) in [5, 5.41) is 10.6. The zero-order valence-electron chi connectivity index (χ0n) is 11.5. The van der Waals surface area contributed by atoms with E-state index < -0.39 is 0 Å². The Labute approximate surface area is 123 Å². The highest BCUT2D eigenvalue weighted by Gasteiger charge is 2.37. The second-order valence-corrected chi connectivity index (χ2v) is 6.47. The highest BCUT2D eigenvalue weighted by Crippen LogP contribution is 2.37. The van der Waals surface area contributed by atoms with Gasteiger partial charge in [0.05, 0.1) is 10.4 Å². The van der Waals surface area contributed by atoms with Crippen molar-refractivity contribution < 1.29 is 9.90 Å². The molecule has 1 saturated heterocycles. The van der Waals surface area contributed by atoms with E-state index >= 15 is 0 Å². The maximum atomic E-state index is 12.7. The molecule has 3 nitrogen and oxygen atoms in total. The molecule has 1 saturated carbocycles. The number of nitrogens with zero attached hydrogens (tertiary/aromatic N) is 1. The summed E-state index contributed by atoms with van der Waals surface area (Å²) in [5.74, 6) is 6.38. The summed E-state index contributed by atoms with van der Waals surface area (Å²) >= 11 is 1.47. The van der Waals surface area contributed by atoms with Crippen molar-refractivity contribution >= 4 is 17.2 Å². The van der Waals surface area contributed by atoms with Gasteiger partial charge < -0.3 is 10.0 Å². The summed E-state index contributed by atoms with van der Waals surface area (Å²) in [6.45, 7) is 0.755. The summed E-state index contributed by atoms with van der Waals surface area (Å²) in [7, 11) is 0. The number of piperidine rings is 1. The lowest BCUT2D eigenvalue weighted by Crippen LogP contribution is -2.46. The number of hydrogen-bond donors (Lipinski definition) is 1. The molecule has 2 atom stereocenters. The third-order valence-electron chi connectivity index (χ3n) is 4.39. The molecule has 0 radical (unpaired) electrons. The van der Waals surface area contributed by atoms with Crippen molar-refractivity contribution in [1.82, 2.24) is 4.90 Å². The molecule has 1 N–H and O–H groups in total. The van der Waals surface area contributed by atoms with Crippen LogP contribution in [0.3, 0.4) is 0 Å². The topological polar surface area (TPSA) is 40.5 Å². The molecule has 1 aliphatic heterocycles. The average Bonchev–Trinajstić information content (AvgIpc) is 3.12. The number of fused-ring (bicyclic) bond motifs is 1. The van der Waals surface area contributed by atoms with Crippen molar-refractivity contribution in [1.29, 1.82) is 0 Å². The maximum Gasteiger partial charge on any atom is 0.255 e. The number of likely N-dealkylation sites (tertiary alicyclic amines) is 1. The molecule has 1 amide bonds. The Morgan fingerprint density at radius 1 is 1.40 bits per heavy atom. The Morgan fingerprint density at radius 2 is 2.25 bits per heavy atom. The van der Waals surface area contributed by atoms with Gasteiger partial charge in [-0.2, -0.15) is 0 Å². The second kappa shape index (κ2) is 5.99. The SMILES string of the molecule is O=C(c1csc(C#CCO)c1)N1CCCC2CCCC21. The van der Waals surface area contributed by atoms with E-state index in [4.69, 9.17) is 5.11 Å². The smallest absolute Gasteiger partial charge is 0.255 e. The van der Waals surface area contributed by atoms with E-state index in [0.717, 1.165) is 35.7 Å². The third kappa shape index (κ3) is 2.61. The fourth-order valence-corrected chi connectivity index (χ4v) is 4.26. The van der Waals surface area contributed by atoms with Gasteiger partial charge in [-0.05, 0) is 37.7 Å². The predicted molar refractivity (Wildman–Crippen MR) is 79.7 cm³/mol. The first-order chi connectivity index (χ1) is 9.79. The van der Waals surface area contributed by atoms with E-state index in [-0.39, 0.29) is 12.5 Å². The van der Waals surface area contributed by atoms with Crippen molar-refractivity contribution in [3.63, 3.8) is 0 Å². The lowest BCUT2D eigenvalue weighted by atomic mass is 9.91. The van der Waals surface area contributed by atoms with Crippen LogP contribution in [0.2, 0.25) is 0 Å². The molecule has 1 aromatic heterocycles. The summed E-state index contributed by atoms with van der Waals surface area (Å²) in [5.41, 5.74) is 0.754. The second-order valence-electron chi connectivity index (χ2n) is 5.56. The van der Waals surface area contributed by atoms with Gasteiger partial charge in [0.2, 0.25) is 0 Å². The van der Waals surface area contributed by atoms with Gasteiger partial charge in [-0.3, -0.25) is 4.79 Å². The van der Waals surface area contributed by atoms with Gasteiger partial charge in [0, 0.05) is 18.0 Å². The minimum absolute atomic E-state index is 0.142. The Bertz CT molecular complexity index is 554. The van der Waals surface area contributed by atoms with Crippen LogP contribution in [0.4, 0.5) is 0 Å². The van der Waals surface area contributed by atoms with E-state index in [1.807, 2.05) is 11.4 Å². The van der Waals surface area contributed by atoms with Crippen LogP contribution in [-0.4, -0.2) is 35.1 Å². The van der Waals surface area contributed by atoms with Crippen molar-refractivity contribution in [2.24, 2.45) is 5.92 Å². The summed E-state index contributed by atoms with van der Waals surface area (Å²) < 4.78 is 0. The number of hydrogen-bond acceptors (Lipinski definition) is 3. The molecule has 2 unspecified atom stereocenters. The van der Waals surface area contributed by atoms with Gasteiger partial charge in [-0.25, -0.2) is 0 Å². The molecule has 0 aromatic carbocycles. The van der Waals surface area contributed by atoms with Crippen molar-refractivity contribution in [3.8, 4) is 11.8 Å². The zero-order chi connectivity index (χ0) is 13.9. The fraction of sp³-hybridized carbons (Fsp3) is 0.562. The normalized spacial score (nSPS) is 24.9. The Morgan fingerprint density at radius 3 is 3.10 bits per heavy atom. The molecule has 0 spiro atoms. The molecule has 106 valence electrons. The molecule has 1 aliphatic carbocycles. The van der Waals surface area contributed by atoms with Crippen LogP contribution < -0.4 is 0 Å². The molecular weight excluding hydrogens is 270 g/mol. The maximum absolute atomic E-state index is 12.7. The molecule has 2 aliphatic rings. The number of aliphatic hydroxyl groups excluding tert-OH is 1. The first kappa shape index (κ1) is 13.7. The largest absolute Gasteiger partial charge is 0.384 e. The van der Waals surface area contributed by atoms with Crippen LogP contribution in [0.5, 0.6) is 0 Å². The molecular formula is C16H19NO2S. The number of carbonyl (C=O) groups excluding carboxylic acids is 1. The van der Waals surface area contributed by atoms with Gasteiger partial charge in [-0.1, -0.05) is 18.3 Å². The van der Waals surface area contributed by atoms with E-state index in [1.165, 1.54) is 30.6 Å². The van der Waals surface area contributed by atoms with Crippen molar-refractivity contribution in [2.45, 2.75) is 38.1 Å². The van der Waals surface area contributed by atoms with Crippen molar-refractivity contribution in [3.05, 3.63) is 21.9 Å². The van der Waals surface area contributed by atoms with E-state index in [9.17, 15) is 4.79 Å². The first-order valence-electron chi connectivity index (χ1n) is 7.29. The van der Waals surface area contributed by atoms with Gasteiger partial charge in [-0.15, -0.1) is 11.3 Å².